The molecule has 3 N–H and O–H groups in total. The van der Waals surface area contributed by atoms with E-state index in [1.54, 1.807) is 13.2 Å². The van der Waals surface area contributed by atoms with Gasteiger partial charge in [-0.05, 0) is 25.0 Å². The van der Waals surface area contributed by atoms with Crippen molar-refractivity contribution in [3.63, 3.8) is 0 Å². The van der Waals surface area contributed by atoms with E-state index in [9.17, 15) is 8.78 Å². The number of fused-ring (bicyclic) bond motifs is 1. The highest BCUT2D eigenvalue weighted by atomic mass is 32.1. The number of anilines is 1. The molecule has 0 amide bonds. The summed E-state index contributed by atoms with van der Waals surface area (Å²) >= 11 is 4.98. The molecule has 0 unspecified atom stereocenters. The first-order valence-electron chi connectivity index (χ1n) is 7.68. The van der Waals surface area contributed by atoms with Gasteiger partial charge in [0.15, 0.2) is 5.82 Å². The van der Waals surface area contributed by atoms with E-state index in [0.717, 1.165) is 5.39 Å². The Balaban J connectivity index is 1.98. The third kappa shape index (κ3) is 3.38. The van der Waals surface area contributed by atoms with E-state index in [-0.39, 0.29) is 29.7 Å². The Morgan fingerprint density at radius 3 is 2.67 bits per heavy atom. The number of methoxy groups -OCH3 is 1. The van der Waals surface area contributed by atoms with Crippen LogP contribution in [0.5, 0.6) is 5.75 Å². The first-order valence-corrected chi connectivity index (χ1v) is 8.09. The third-order valence-electron chi connectivity index (χ3n) is 4.19. The Kier molecular flexibility index (Phi) is 4.49. The predicted molar refractivity (Wildman–Crippen MR) is 92.8 cm³/mol. The molecule has 3 rings (SSSR count). The van der Waals surface area contributed by atoms with Gasteiger partial charge in [-0.1, -0.05) is 18.3 Å². The molecule has 24 heavy (non-hydrogen) atoms. The molecule has 1 aromatic heterocycles. The highest BCUT2D eigenvalue weighted by molar-refractivity contribution is 7.80. The van der Waals surface area contributed by atoms with Crippen molar-refractivity contribution in [1.29, 1.82) is 0 Å². The fourth-order valence-electron chi connectivity index (χ4n) is 2.89. The first kappa shape index (κ1) is 16.8. The Morgan fingerprint density at radius 2 is 2.04 bits per heavy atom. The SMILES string of the molecule is COc1cccc2c(NC3CCC(F)(F)CC3)nc(C(N)=S)nc12. The topological polar surface area (TPSA) is 73.1 Å². The average molecular weight is 352 g/mol. The molecule has 0 radical (unpaired) electrons. The largest absolute Gasteiger partial charge is 0.494 e. The number of nitrogens with two attached hydrogens (primary N) is 1. The highest BCUT2D eigenvalue weighted by Gasteiger charge is 2.35. The van der Waals surface area contributed by atoms with Crippen molar-refractivity contribution in [2.45, 2.75) is 37.6 Å². The van der Waals surface area contributed by atoms with Gasteiger partial charge in [-0.3, -0.25) is 0 Å². The molecule has 0 saturated heterocycles. The number of para-hydroxylation sites is 1. The Labute approximate surface area is 143 Å². The van der Waals surface area contributed by atoms with Crippen LogP contribution in [-0.4, -0.2) is 34.0 Å². The molecule has 0 atom stereocenters. The lowest BCUT2D eigenvalue weighted by molar-refractivity contribution is -0.0361. The van der Waals surface area contributed by atoms with Gasteiger partial charge in [0.25, 0.3) is 0 Å². The quantitative estimate of drug-likeness (QED) is 0.823. The second-order valence-electron chi connectivity index (χ2n) is 5.89. The summed E-state index contributed by atoms with van der Waals surface area (Å²) in [4.78, 5) is 8.81. The molecule has 1 aliphatic rings. The molecule has 2 aromatic rings. The summed E-state index contributed by atoms with van der Waals surface area (Å²) in [5.74, 6) is -1.23. The number of alkyl halides is 2. The van der Waals surface area contributed by atoms with Crippen molar-refractivity contribution < 1.29 is 13.5 Å². The number of aromatic nitrogens is 2. The summed E-state index contributed by atoms with van der Waals surface area (Å²) in [5.41, 5.74) is 6.26. The van der Waals surface area contributed by atoms with Crippen LogP contribution >= 0.6 is 12.2 Å². The van der Waals surface area contributed by atoms with Gasteiger partial charge >= 0.3 is 0 Å². The minimum Gasteiger partial charge on any atom is -0.494 e. The van der Waals surface area contributed by atoms with Gasteiger partial charge in [0.05, 0.1) is 7.11 Å². The standard InChI is InChI=1S/C16H18F2N4OS/c1-23-11-4-2-3-10-12(11)21-15(13(19)24)22-14(10)20-9-5-7-16(17,18)8-6-9/h2-4,9H,5-8H2,1H3,(H2,19,24)(H,20,21,22). The molecule has 1 fully saturated rings. The number of thiocarbonyl (C=S) groups is 1. The maximum absolute atomic E-state index is 13.3. The van der Waals surface area contributed by atoms with Gasteiger partial charge in [0, 0.05) is 24.3 Å². The van der Waals surface area contributed by atoms with E-state index >= 15 is 0 Å². The molecule has 128 valence electrons. The molecule has 1 aliphatic carbocycles. The van der Waals surface area contributed by atoms with Gasteiger partial charge in [0.1, 0.15) is 22.1 Å². The van der Waals surface area contributed by atoms with Crippen LogP contribution in [0.4, 0.5) is 14.6 Å². The minimum atomic E-state index is -2.57. The number of nitrogens with one attached hydrogen (secondary N) is 1. The molecule has 1 aromatic carbocycles. The van der Waals surface area contributed by atoms with Crippen LogP contribution in [0.15, 0.2) is 18.2 Å². The van der Waals surface area contributed by atoms with Gasteiger partial charge in [-0.25, -0.2) is 18.7 Å². The Hall–Kier alpha value is -2.09. The Bertz CT molecular complexity index is 774. The number of ether oxygens (including phenoxy) is 1. The molecule has 8 heteroatoms. The molecule has 0 spiro atoms. The fourth-order valence-corrected chi connectivity index (χ4v) is 2.98. The van der Waals surface area contributed by atoms with Crippen LogP contribution in [0.25, 0.3) is 10.9 Å². The van der Waals surface area contributed by atoms with Crippen LogP contribution < -0.4 is 15.8 Å². The Morgan fingerprint density at radius 1 is 1.33 bits per heavy atom. The molecule has 0 aliphatic heterocycles. The van der Waals surface area contributed by atoms with Gasteiger partial charge in [-0.2, -0.15) is 0 Å². The van der Waals surface area contributed by atoms with E-state index in [2.05, 4.69) is 15.3 Å². The van der Waals surface area contributed by atoms with E-state index in [1.807, 2.05) is 12.1 Å². The van der Waals surface area contributed by atoms with Gasteiger partial charge in [-0.15, -0.1) is 0 Å². The van der Waals surface area contributed by atoms with Gasteiger partial charge in [0.2, 0.25) is 5.92 Å². The number of benzene rings is 1. The summed E-state index contributed by atoms with van der Waals surface area (Å²) in [6.45, 7) is 0. The summed E-state index contributed by atoms with van der Waals surface area (Å²) in [6, 6.07) is 5.38. The molecular weight excluding hydrogens is 334 g/mol. The lowest BCUT2D eigenvalue weighted by Gasteiger charge is -2.29. The molecule has 5 nitrogen and oxygen atoms in total. The molecule has 1 heterocycles. The summed E-state index contributed by atoms with van der Waals surface area (Å²) in [7, 11) is 1.55. The molecule has 1 saturated carbocycles. The zero-order chi connectivity index (χ0) is 17.3. The molecular formula is C16H18F2N4OS. The summed E-state index contributed by atoms with van der Waals surface area (Å²) in [6.07, 6.45) is 0.508. The van der Waals surface area contributed by atoms with Crippen molar-refractivity contribution in [2.24, 2.45) is 5.73 Å². The van der Waals surface area contributed by atoms with E-state index in [4.69, 9.17) is 22.7 Å². The number of nitrogens with zero attached hydrogens (tertiary/aromatic N) is 2. The highest BCUT2D eigenvalue weighted by Crippen LogP contribution is 2.35. The normalized spacial score (nSPS) is 17.6. The zero-order valence-electron chi connectivity index (χ0n) is 13.2. The van der Waals surface area contributed by atoms with Crippen molar-refractivity contribution in [3.05, 3.63) is 24.0 Å². The van der Waals surface area contributed by atoms with Gasteiger partial charge < -0.3 is 15.8 Å². The number of halogens is 2. The number of hydrogen-bond donors (Lipinski definition) is 2. The van der Waals surface area contributed by atoms with E-state index in [0.29, 0.717) is 29.9 Å². The average Bonchev–Trinajstić information content (AvgIpc) is 2.56. The maximum atomic E-state index is 13.3. The van der Waals surface area contributed by atoms with Crippen LogP contribution in [-0.2, 0) is 0 Å². The van der Waals surface area contributed by atoms with Crippen molar-refractivity contribution in [2.75, 3.05) is 12.4 Å². The monoisotopic (exact) mass is 352 g/mol. The van der Waals surface area contributed by atoms with Crippen LogP contribution in [0, 0.1) is 0 Å². The second-order valence-corrected chi connectivity index (χ2v) is 6.33. The number of hydrogen-bond acceptors (Lipinski definition) is 5. The van der Waals surface area contributed by atoms with Crippen molar-refractivity contribution >= 4 is 33.9 Å². The number of rotatable bonds is 4. The molecule has 0 bridgehead atoms. The predicted octanol–water partition coefficient (Wildman–Crippen LogP) is 3.26. The van der Waals surface area contributed by atoms with Crippen LogP contribution in [0.1, 0.15) is 31.5 Å². The van der Waals surface area contributed by atoms with Crippen molar-refractivity contribution in [1.82, 2.24) is 9.97 Å². The lowest BCUT2D eigenvalue weighted by Crippen LogP contribution is -2.32. The summed E-state index contributed by atoms with van der Waals surface area (Å²) in [5, 5.41) is 4.00. The third-order valence-corrected chi connectivity index (χ3v) is 4.37. The minimum absolute atomic E-state index is 0.0704. The fraction of sp³-hybridized carbons (Fsp3) is 0.438. The second kappa shape index (κ2) is 6.43. The smallest absolute Gasteiger partial charge is 0.248 e. The van der Waals surface area contributed by atoms with Crippen LogP contribution in [0.3, 0.4) is 0 Å². The van der Waals surface area contributed by atoms with Crippen molar-refractivity contribution in [3.8, 4) is 5.75 Å². The van der Waals surface area contributed by atoms with E-state index in [1.165, 1.54) is 0 Å². The zero-order valence-corrected chi connectivity index (χ0v) is 14.0. The summed E-state index contributed by atoms with van der Waals surface area (Å²) < 4.78 is 32.0. The lowest BCUT2D eigenvalue weighted by atomic mass is 9.92. The van der Waals surface area contributed by atoms with E-state index < -0.39 is 5.92 Å². The first-order chi connectivity index (χ1) is 11.4. The maximum Gasteiger partial charge on any atom is 0.248 e. The van der Waals surface area contributed by atoms with Crippen LogP contribution in [0.2, 0.25) is 0 Å².